The summed E-state index contributed by atoms with van der Waals surface area (Å²) in [7, 11) is 0. The Morgan fingerprint density at radius 3 is 1.02 bits per heavy atom. The highest BCUT2D eigenvalue weighted by atomic mass is 16.2. The monoisotopic (exact) mass is 858 g/mol. The van der Waals surface area contributed by atoms with Crippen LogP contribution in [-0.2, 0) is 26.5 Å². The smallest absolute Gasteiger partial charge is 0.226 e. The van der Waals surface area contributed by atoms with Gasteiger partial charge in [-0.1, -0.05) is 156 Å². The van der Waals surface area contributed by atoms with Crippen molar-refractivity contribution < 1.29 is 4.79 Å². The number of hydrogen-bond donors (Lipinski definition) is 0. The molecule has 0 aliphatic carbocycles. The maximum atomic E-state index is 13.3. The molecule has 7 aromatic rings. The van der Waals surface area contributed by atoms with Gasteiger partial charge in [-0.05, 0) is 145 Å². The van der Waals surface area contributed by atoms with E-state index in [0.717, 1.165) is 92.1 Å². The lowest BCUT2D eigenvalue weighted by Gasteiger charge is -2.28. The topological polar surface area (TPSA) is 46.1 Å². The number of amides is 1. The quantitative estimate of drug-likeness (QED) is 0.160. The number of benzene rings is 5. The molecule has 332 valence electrons. The molecule has 0 radical (unpaired) electrons. The Labute approximate surface area is 389 Å². The molecule has 0 saturated carbocycles. The molecule has 1 saturated heterocycles. The van der Waals surface area contributed by atoms with Gasteiger partial charge in [-0.15, -0.1) is 0 Å². The van der Waals surface area contributed by atoms with Crippen molar-refractivity contribution in [3.63, 3.8) is 0 Å². The molecule has 8 rings (SSSR count). The van der Waals surface area contributed by atoms with Crippen molar-refractivity contribution in [3.05, 3.63) is 162 Å². The van der Waals surface area contributed by atoms with Crippen LogP contribution in [0.25, 0.3) is 67.0 Å². The molecule has 1 fully saturated rings. The highest BCUT2D eigenvalue weighted by Crippen LogP contribution is 2.38. The van der Waals surface area contributed by atoms with Crippen molar-refractivity contribution in [3.8, 4) is 67.0 Å². The molecular weight excluding hydrogens is 791 g/mol. The second kappa shape index (κ2) is 17.3. The Morgan fingerprint density at radius 2 is 0.708 bits per heavy atom. The van der Waals surface area contributed by atoms with Gasteiger partial charge < -0.3 is 4.90 Å². The van der Waals surface area contributed by atoms with Crippen molar-refractivity contribution in [1.29, 1.82) is 0 Å². The molecule has 1 amide bonds. The number of anilines is 1. The third-order valence-corrected chi connectivity index (χ3v) is 13.1. The molecule has 0 unspecified atom stereocenters. The van der Waals surface area contributed by atoms with E-state index < -0.39 is 0 Å². The summed E-state index contributed by atoms with van der Waals surface area (Å²) >= 11 is 0. The van der Waals surface area contributed by atoms with E-state index in [9.17, 15) is 4.79 Å². The Morgan fingerprint density at radius 1 is 0.369 bits per heavy atom. The summed E-state index contributed by atoms with van der Waals surface area (Å²) < 4.78 is 0. The van der Waals surface area contributed by atoms with Crippen molar-refractivity contribution >= 4 is 11.6 Å². The van der Waals surface area contributed by atoms with Crippen LogP contribution in [0.5, 0.6) is 0 Å². The zero-order valence-corrected chi connectivity index (χ0v) is 40.9. The van der Waals surface area contributed by atoms with Gasteiger partial charge in [0, 0.05) is 53.3 Å². The molecule has 0 spiro atoms. The number of hydrogen-bond acceptors (Lipinski definition) is 3. The zero-order chi connectivity index (χ0) is 46.5. The normalized spacial score (nSPS) is 13.9. The van der Waals surface area contributed by atoms with E-state index in [1.165, 1.54) is 22.3 Å². The van der Waals surface area contributed by atoms with Gasteiger partial charge in [0.25, 0.3) is 0 Å². The molecule has 2 aromatic heterocycles. The molecule has 0 bridgehead atoms. The van der Waals surface area contributed by atoms with E-state index in [0.29, 0.717) is 6.42 Å². The highest BCUT2D eigenvalue weighted by Gasteiger charge is 2.24. The lowest BCUT2D eigenvalue weighted by Crippen LogP contribution is -2.35. The van der Waals surface area contributed by atoms with Crippen LogP contribution in [0.15, 0.2) is 140 Å². The van der Waals surface area contributed by atoms with E-state index in [-0.39, 0.29) is 27.6 Å². The van der Waals surface area contributed by atoms with Crippen LogP contribution in [0.2, 0.25) is 0 Å². The number of carbonyl (C=O) groups is 1. The van der Waals surface area contributed by atoms with Crippen LogP contribution < -0.4 is 4.90 Å². The second-order valence-electron chi connectivity index (χ2n) is 22.4. The summed E-state index contributed by atoms with van der Waals surface area (Å²) in [6, 6.07) is 46.7. The number of piperidine rings is 1. The van der Waals surface area contributed by atoms with Gasteiger partial charge in [0.15, 0.2) is 0 Å². The molecule has 3 heterocycles. The van der Waals surface area contributed by atoms with Crippen molar-refractivity contribution in [2.75, 3.05) is 11.4 Å². The zero-order valence-electron chi connectivity index (χ0n) is 40.9. The lowest BCUT2D eigenvalue weighted by molar-refractivity contribution is -0.119. The molecule has 4 nitrogen and oxygen atoms in total. The summed E-state index contributed by atoms with van der Waals surface area (Å²) in [5, 5.41) is 0. The number of carbonyl (C=O) groups excluding carboxylic acids is 1. The minimum atomic E-state index is 0.0373. The standard InChI is InChI=1S/C61H67N3O/c1-58(2,3)50-30-48(31-51(36-50)59(4,5)6)55-26-24-44(38-62-55)40-16-20-42(21-17-40)46-29-47(35-54(34-46)64-28-14-13-15-57(64)65)43-22-18-41(19-23-43)45-25-27-56(63-39-45)49-32-52(60(7,8)9)37-53(33-49)61(10,11)12/h16-27,29-39H,13-15,28H2,1-12H3. The van der Waals surface area contributed by atoms with Gasteiger partial charge in [-0.25, -0.2) is 0 Å². The fourth-order valence-electron chi connectivity index (χ4n) is 8.64. The largest absolute Gasteiger partial charge is 0.312 e. The second-order valence-corrected chi connectivity index (χ2v) is 22.4. The molecule has 1 aliphatic heterocycles. The first kappa shape index (κ1) is 45.4. The average molecular weight is 858 g/mol. The van der Waals surface area contributed by atoms with E-state index in [4.69, 9.17) is 9.97 Å². The van der Waals surface area contributed by atoms with Crippen LogP contribution in [0.4, 0.5) is 5.69 Å². The predicted molar refractivity (Wildman–Crippen MR) is 276 cm³/mol. The van der Waals surface area contributed by atoms with E-state index in [1.54, 1.807) is 0 Å². The maximum Gasteiger partial charge on any atom is 0.226 e. The van der Waals surface area contributed by atoms with E-state index in [1.807, 2.05) is 17.3 Å². The SMILES string of the molecule is CC(C)(C)c1cc(-c2ccc(-c3ccc(-c4cc(-c5ccc(-c6ccc(-c7cc(C(C)(C)C)cc(C(C)(C)C)c7)nc6)cc5)cc(N5CCCCC5=O)c4)cc3)cn2)cc(C(C)(C)C)c1. The Hall–Kier alpha value is -6.13. The first-order chi connectivity index (χ1) is 30.6. The van der Waals surface area contributed by atoms with Gasteiger partial charge in [0.05, 0.1) is 11.4 Å². The van der Waals surface area contributed by atoms with Gasteiger partial charge in [0.1, 0.15) is 0 Å². The molecular formula is C61H67N3O. The highest BCUT2D eigenvalue weighted by molar-refractivity contribution is 5.96. The summed E-state index contributed by atoms with van der Waals surface area (Å²) in [6.07, 6.45) is 6.52. The van der Waals surface area contributed by atoms with E-state index >= 15 is 0 Å². The van der Waals surface area contributed by atoms with Gasteiger partial charge in [-0.2, -0.15) is 0 Å². The van der Waals surface area contributed by atoms with Crippen molar-refractivity contribution in [1.82, 2.24) is 9.97 Å². The molecule has 0 atom stereocenters. The Balaban J connectivity index is 1.06. The van der Waals surface area contributed by atoms with Crippen LogP contribution in [0.1, 0.15) is 125 Å². The number of aromatic nitrogens is 2. The van der Waals surface area contributed by atoms with Gasteiger partial charge in [0.2, 0.25) is 5.91 Å². The van der Waals surface area contributed by atoms with Crippen molar-refractivity contribution in [2.24, 2.45) is 0 Å². The lowest BCUT2D eigenvalue weighted by atomic mass is 9.79. The van der Waals surface area contributed by atoms with Crippen LogP contribution in [0.3, 0.4) is 0 Å². The average Bonchev–Trinajstić information content (AvgIpc) is 3.28. The number of pyridine rings is 2. The molecule has 4 heteroatoms. The molecule has 0 N–H and O–H groups in total. The summed E-state index contributed by atoms with van der Waals surface area (Å²) in [6.45, 7) is 28.0. The molecule has 5 aromatic carbocycles. The fraction of sp³-hybridized carbons (Fsp3) is 0.328. The van der Waals surface area contributed by atoms with Gasteiger partial charge in [-0.3, -0.25) is 14.8 Å². The third-order valence-electron chi connectivity index (χ3n) is 13.1. The van der Waals surface area contributed by atoms with Crippen LogP contribution in [0, 0.1) is 0 Å². The van der Waals surface area contributed by atoms with Crippen LogP contribution in [-0.4, -0.2) is 22.4 Å². The minimum Gasteiger partial charge on any atom is -0.312 e. The Bertz CT molecular complexity index is 2580. The van der Waals surface area contributed by atoms with E-state index in [2.05, 4.69) is 210 Å². The first-order valence-corrected chi connectivity index (χ1v) is 23.5. The van der Waals surface area contributed by atoms with Crippen molar-refractivity contribution in [2.45, 2.75) is 124 Å². The molecule has 1 aliphatic rings. The Kier molecular flexibility index (Phi) is 12.1. The summed E-state index contributed by atoms with van der Waals surface area (Å²) in [5.41, 5.74) is 19.4. The van der Waals surface area contributed by atoms with Gasteiger partial charge >= 0.3 is 0 Å². The minimum absolute atomic E-state index is 0.0373. The third kappa shape index (κ3) is 10.2. The van der Waals surface area contributed by atoms with Crippen LogP contribution >= 0.6 is 0 Å². The summed E-state index contributed by atoms with van der Waals surface area (Å²) in [5.74, 6) is 0.191. The molecule has 65 heavy (non-hydrogen) atoms. The fourth-order valence-corrected chi connectivity index (χ4v) is 8.64. The first-order valence-electron chi connectivity index (χ1n) is 23.5. The number of nitrogens with zero attached hydrogens (tertiary/aromatic N) is 3. The summed E-state index contributed by atoms with van der Waals surface area (Å²) in [4.78, 5) is 25.2. The maximum absolute atomic E-state index is 13.3. The predicted octanol–water partition coefficient (Wildman–Crippen LogP) is 16.2. The number of rotatable bonds is 7.